The first-order valence-electron chi connectivity index (χ1n) is 9.75. The lowest BCUT2D eigenvalue weighted by Crippen LogP contribution is -2.40. The second-order valence-corrected chi connectivity index (χ2v) is 7.21. The van der Waals surface area contributed by atoms with E-state index in [0.717, 1.165) is 12.8 Å². The van der Waals surface area contributed by atoms with Crippen LogP contribution in [-0.2, 0) is 4.79 Å². The summed E-state index contributed by atoms with van der Waals surface area (Å²) in [4.78, 5) is 37.4. The minimum absolute atomic E-state index is 0.0645. The molecule has 3 N–H and O–H groups in total. The summed E-state index contributed by atoms with van der Waals surface area (Å²) in [6.07, 6.45) is 2.57. The lowest BCUT2D eigenvalue weighted by molar-refractivity contribution is -0.137. The minimum Gasteiger partial charge on any atom is -0.481 e. The number of hydrogen-bond acceptors (Lipinski definition) is 3. The molecule has 152 valence electrons. The summed E-state index contributed by atoms with van der Waals surface area (Å²) in [6.45, 7) is 1.27. The Labute approximate surface area is 169 Å². The number of benzene rings is 2. The molecule has 2 aromatic rings. The molecule has 29 heavy (non-hydrogen) atoms. The van der Waals surface area contributed by atoms with E-state index >= 15 is 0 Å². The van der Waals surface area contributed by atoms with Gasteiger partial charge in [0.15, 0.2) is 0 Å². The molecule has 1 atom stereocenters. The van der Waals surface area contributed by atoms with Crippen molar-refractivity contribution in [2.24, 2.45) is 5.92 Å². The lowest BCUT2D eigenvalue weighted by atomic mass is 9.93. The summed E-state index contributed by atoms with van der Waals surface area (Å²) in [5.74, 6) is -0.635. The zero-order chi connectivity index (χ0) is 20.6. The Morgan fingerprint density at radius 2 is 1.62 bits per heavy atom. The molecule has 3 rings (SSSR count). The molecule has 0 aliphatic carbocycles. The first kappa shape index (κ1) is 20.4. The fourth-order valence-electron chi connectivity index (χ4n) is 3.51. The van der Waals surface area contributed by atoms with Crippen molar-refractivity contribution in [3.8, 4) is 0 Å². The highest BCUT2D eigenvalue weighted by Crippen LogP contribution is 2.23. The molecule has 1 heterocycles. The molecule has 1 unspecified atom stereocenters. The van der Waals surface area contributed by atoms with Crippen LogP contribution in [0.3, 0.4) is 0 Å². The first-order chi connectivity index (χ1) is 14.0. The van der Waals surface area contributed by atoms with Crippen molar-refractivity contribution in [1.29, 1.82) is 0 Å². The van der Waals surface area contributed by atoms with Gasteiger partial charge in [-0.1, -0.05) is 18.2 Å². The number of para-hydroxylation sites is 1. The second-order valence-electron chi connectivity index (χ2n) is 7.21. The average molecular weight is 395 g/mol. The highest BCUT2D eigenvalue weighted by atomic mass is 16.4. The number of carbonyl (C=O) groups is 3. The van der Waals surface area contributed by atoms with E-state index in [0.29, 0.717) is 36.4 Å². The number of nitrogens with zero attached hydrogens (tertiary/aromatic N) is 1. The maximum Gasteiger partial charge on any atom is 0.323 e. The van der Waals surface area contributed by atoms with Crippen LogP contribution in [0, 0.1) is 5.92 Å². The third kappa shape index (κ3) is 6.07. The van der Waals surface area contributed by atoms with Crippen LogP contribution in [0.5, 0.6) is 0 Å². The van der Waals surface area contributed by atoms with Crippen LogP contribution in [0.15, 0.2) is 54.6 Å². The summed E-state index contributed by atoms with van der Waals surface area (Å²) in [6, 6.07) is 15.6. The Morgan fingerprint density at radius 3 is 2.28 bits per heavy atom. The molecular formula is C22H25N3O4. The van der Waals surface area contributed by atoms with E-state index in [-0.39, 0.29) is 24.3 Å². The van der Waals surface area contributed by atoms with Crippen LogP contribution < -0.4 is 10.6 Å². The molecule has 2 aromatic carbocycles. The van der Waals surface area contributed by atoms with Gasteiger partial charge in [0.1, 0.15) is 0 Å². The Bertz CT molecular complexity index is 852. The van der Waals surface area contributed by atoms with Gasteiger partial charge in [-0.3, -0.25) is 9.59 Å². The van der Waals surface area contributed by atoms with Crippen molar-refractivity contribution in [1.82, 2.24) is 4.90 Å². The standard InChI is InChI=1S/C22H25N3O4/c26-20(27)13-8-16-5-4-14-25(15-16)21(28)17-9-11-19(12-10-17)24-22(29)23-18-6-2-1-3-7-18/h1-3,6-7,9-12,16H,4-5,8,13-15H2,(H,26,27)(H2,23,24,29). The van der Waals surface area contributed by atoms with E-state index < -0.39 is 5.97 Å². The van der Waals surface area contributed by atoms with Crippen LogP contribution in [0.25, 0.3) is 0 Å². The van der Waals surface area contributed by atoms with Crippen molar-refractivity contribution in [3.63, 3.8) is 0 Å². The molecule has 1 aliphatic heterocycles. The van der Waals surface area contributed by atoms with Crippen LogP contribution in [0.2, 0.25) is 0 Å². The number of rotatable bonds is 6. The number of piperidine rings is 1. The SMILES string of the molecule is O=C(O)CCC1CCCN(C(=O)c2ccc(NC(=O)Nc3ccccc3)cc2)C1. The number of carboxylic acid groups (broad SMARTS) is 1. The van der Waals surface area contributed by atoms with E-state index in [1.165, 1.54) is 0 Å². The van der Waals surface area contributed by atoms with E-state index in [2.05, 4.69) is 10.6 Å². The Hall–Kier alpha value is -3.35. The number of anilines is 2. The lowest BCUT2D eigenvalue weighted by Gasteiger charge is -2.32. The van der Waals surface area contributed by atoms with Gasteiger partial charge in [0.2, 0.25) is 0 Å². The molecule has 0 radical (unpaired) electrons. The molecule has 7 nitrogen and oxygen atoms in total. The van der Waals surface area contributed by atoms with E-state index in [9.17, 15) is 14.4 Å². The largest absolute Gasteiger partial charge is 0.481 e. The number of aliphatic carboxylic acids is 1. The maximum atomic E-state index is 12.8. The normalized spacial score (nSPS) is 16.1. The number of amides is 3. The summed E-state index contributed by atoms with van der Waals surface area (Å²) < 4.78 is 0. The van der Waals surface area contributed by atoms with E-state index in [1.807, 2.05) is 18.2 Å². The Morgan fingerprint density at radius 1 is 0.966 bits per heavy atom. The van der Waals surface area contributed by atoms with Crippen molar-refractivity contribution in [2.75, 3.05) is 23.7 Å². The van der Waals surface area contributed by atoms with Gasteiger partial charge in [-0.05, 0) is 61.6 Å². The predicted molar refractivity (Wildman–Crippen MR) is 111 cm³/mol. The van der Waals surface area contributed by atoms with Crippen molar-refractivity contribution in [3.05, 3.63) is 60.2 Å². The molecule has 1 saturated heterocycles. The van der Waals surface area contributed by atoms with Crippen molar-refractivity contribution >= 4 is 29.3 Å². The van der Waals surface area contributed by atoms with Crippen LogP contribution >= 0.6 is 0 Å². The van der Waals surface area contributed by atoms with Crippen molar-refractivity contribution in [2.45, 2.75) is 25.7 Å². The van der Waals surface area contributed by atoms with Gasteiger partial charge in [-0.15, -0.1) is 0 Å². The number of carbonyl (C=O) groups excluding carboxylic acids is 2. The maximum absolute atomic E-state index is 12.8. The third-order valence-corrected chi connectivity index (χ3v) is 4.99. The van der Waals surface area contributed by atoms with Gasteiger partial charge >= 0.3 is 12.0 Å². The van der Waals surface area contributed by atoms with Crippen LogP contribution in [-0.4, -0.2) is 41.0 Å². The quantitative estimate of drug-likeness (QED) is 0.687. The van der Waals surface area contributed by atoms with Gasteiger partial charge in [-0.25, -0.2) is 4.79 Å². The summed E-state index contributed by atoms with van der Waals surface area (Å²) in [5, 5.41) is 14.3. The van der Waals surface area contributed by atoms with Gasteiger partial charge < -0.3 is 20.6 Å². The minimum atomic E-state index is -0.798. The number of likely N-dealkylation sites (tertiary alicyclic amines) is 1. The summed E-state index contributed by atoms with van der Waals surface area (Å²) in [5.41, 5.74) is 1.84. The third-order valence-electron chi connectivity index (χ3n) is 4.99. The van der Waals surface area contributed by atoms with E-state index in [1.54, 1.807) is 41.3 Å². The van der Waals surface area contributed by atoms with Gasteiger partial charge in [-0.2, -0.15) is 0 Å². The molecule has 0 spiro atoms. The smallest absolute Gasteiger partial charge is 0.323 e. The van der Waals surface area contributed by atoms with Crippen LogP contribution in [0.4, 0.5) is 16.2 Å². The highest BCUT2D eigenvalue weighted by molar-refractivity contribution is 6.00. The molecule has 0 bridgehead atoms. The number of hydrogen-bond donors (Lipinski definition) is 3. The monoisotopic (exact) mass is 395 g/mol. The number of urea groups is 1. The molecule has 0 aromatic heterocycles. The molecule has 1 fully saturated rings. The average Bonchev–Trinajstić information content (AvgIpc) is 2.73. The summed E-state index contributed by atoms with van der Waals surface area (Å²) in [7, 11) is 0. The van der Waals surface area contributed by atoms with E-state index in [4.69, 9.17) is 5.11 Å². The second kappa shape index (κ2) is 9.73. The summed E-state index contributed by atoms with van der Waals surface area (Å²) >= 11 is 0. The molecule has 1 aliphatic rings. The molecule has 3 amide bonds. The zero-order valence-corrected chi connectivity index (χ0v) is 16.1. The topological polar surface area (TPSA) is 98.7 Å². The fraction of sp³-hybridized carbons (Fsp3) is 0.318. The Kier molecular flexibility index (Phi) is 6.84. The van der Waals surface area contributed by atoms with Crippen LogP contribution in [0.1, 0.15) is 36.0 Å². The number of nitrogens with one attached hydrogen (secondary N) is 2. The Balaban J connectivity index is 1.54. The van der Waals surface area contributed by atoms with Gasteiger partial charge in [0, 0.05) is 36.4 Å². The predicted octanol–water partition coefficient (Wildman–Crippen LogP) is 4.05. The fourth-order valence-corrected chi connectivity index (χ4v) is 3.51. The van der Waals surface area contributed by atoms with Gasteiger partial charge in [0.05, 0.1) is 0 Å². The zero-order valence-electron chi connectivity index (χ0n) is 16.1. The molecular weight excluding hydrogens is 370 g/mol. The molecule has 7 heteroatoms. The molecule has 0 saturated carbocycles. The van der Waals surface area contributed by atoms with Crippen molar-refractivity contribution < 1.29 is 19.5 Å². The highest BCUT2D eigenvalue weighted by Gasteiger charge is 2.24. The number of carboxylic acids is 1. The first-order valence-corrected chi connectivity index (χ1v) is 9.75. The van der Waals surface area contributed by atoms with Gasteiger partial charge in [0.25, 0.3) is 5.91 Å².